The predicted octanol–water partition coefficient (Wildman–Crippen LogP) is 3.71. The lowest BCUT2D eigenvalue weighted by Crippen LogP contribution is -2.19. The number of aromatic amines is 1. The molecule has 0 aliphatic heterocycles. The molecule has 0 unspecified atom stereocenters. The first-order valence-corrected chi connectivity index (χ1v) is 6.70. The highest BCUT2D eigenvalue weighted by molar-refractivity contribution is 5.76. The molecule has 22 heavy (non-hydrogen) atoms. The minimum Gasteiger partial charge on any atom is -0.306 e. The van der Waals surface area contributed by atoms with Gasteiger partial charge in [0.15, 0.2) is 0 Å². The number of hydrogen-bond acceptors (Lipinski definition) is 1. The van der Waals surface area contributed by atoms with Gasteiger partial charge in [-0.05, 0) is 36.2 Å². The van der Waals surface area contributed by atoms with E-state index in [9.17, 15) is 18.0 Å². The summed E-state index contributed by atoms with van der Waals surface area (Å²) in [6, 6.07) is 10.7. The van der Waals surface area contributed by atoms with Crippen molar-refractivity contribution in [3.63, 3.8) is 0 Å². The molecule has 0 saturated carbocycles. The van der Waals surface area contributed by atoms with E-state index in [0.717, 1.165) is 11.6 Å². The van der Waals surface area contributed by atoms with Gasteiger partial charge in [-0.2, -0.15) is 13.2 Å². The Morgan fingerprint density at radius 2 is 1.86 bits per heavy atom. The maximum absolute atomic E-state index is 13.1. The summed E-state index contributed by atoms with van der Waals surface area (Å²) >= 11 is 0. The molecule has 1 heterocycles. The highest BCUT2D eigenvalue weighted by Crippen LogP contribution is 2.32. The van der Waals surface area contributed by atoms with Crippen LogP contribution in [0.15, 0.2) is 47.3 Å². The topological polar surface area (TPSA) is 37.8 Å². The first kappa shape index (κ1) is 14.4. The number of rotatable bonds is 2. The van der Waals surface area contributed by atoms with E-state index in [1.807, 2.05) is 13.0 Å². The molecule has 0 bridgehead atoms. The molecular weight excluding hydrogens is 293 g/mol. The molecular formula is C16H13F3N2O. The van der Waals surface area contributed by atoms with E-state index in [-0.39, 0.29) is 12.1 Å². The number of nitrogens with one attached hydrogen (secondary N) is 1. The summed E-state index contributed by atoms with van der Waals surface area (Å²) in [5, 5.41) is 0. The van der Waals surface area contributed by atoms with Crippen molar-refractivity contribution >= 4 is 11.0 Å². The average Bonchev–Trinajstić information content (AvgIpc) is 2.74. The highest BCUT2D eigenvalue weighted by Gasteiger charge is 2.33. The Bertz CT molecular complexity index is 890. The maximum atomic E-state index is 13.1. The standard InChI is InChI=1S/C16H13F3N2O/c1-10-6-7-13-14(8-10)21(15(22)20-13)9-11-4-2-3-5-12(11)16(17,18)19/h2-8H,9H2,1H3,(H,20,22). The number of benzene rings is 2. The second-order valence-electron chi connectivity index (χ2n) is 5.19. The quantitative estimate of drug-likeness (QED) is 0.770. The number of fused-ring (bicyclic) bond motifs is 1. The van der Waals surface area contributed by atoms with Crippen molar-refractivity contribution in [3.8, 4) is 0 Å². The van der Waals surface area contributed by atoms with Crippen molar-refractivity contribution in [1.29, 1.82) is 0 Å². The van der Waals surface area contributed by atoms with Gasteiger partial charge in [0.2, 0.25) is 0 Å². The first-order chi connectivity index (χ1) is 10.4. The highest BCUT2D eigenvalue weighted by atomic mass is 19.4. The molecule has 1 N–H and O–H groups in total. The van der Waals surface area contributed by atoms with Crippen LogP contribution in [-0.2, 0) is 12.7 Å². The van der Waals surface area contributed by atoms with E-state index in [2.05, 4.69) is 4.98 Å². The number of alkyl halides is 3. The summed E-state index contributed by atoms with van der Waals surface area (Å²) < 4.78 is 40.5. The number of aryl methyl sites for hydroxylation is 1. The van der Waals surface area contributed by atoms with E-state index in [4.69, 9.17) is 0 Å². The van der Waals surface area contributed by atoms with E-state index in [1.54, 1.807) is 12.1 Å². The van der Waals surface area contributed by atoms with Crippen LogP contribution in [0.2, 0.25) is 0 Å². The molecule has 3 aromatic rings. The summed E-state index contributed by atoms with van der Waals surface area (Å²) in [6.45, 7) is 1.74. The van der Waals surface area contributed by atoms with Crippen LogP contribution in [0.25, 0.3) is 11.0 Å². The number of H-pyrrole nitrogens is 1. The zero-order valence-corrected chi connectivity index (χ0v) is 11.7. The van der Waals surface area contributed by atoms with Crippen molar-refractivity contribution in [3.05, 3.63) is 69.6 Å². The van der Waals surface area contributed by atoms with Gasteiger partial charge < -0.3 is 4.98 Å². The van der Waals surface area contributed by atoms with Crippen LogP contribution < -0.4 is 5.69 Å². The minimum absolute atomic E-state index is 0.0690. The Kier molecular flexibility index (Phi) is 3.31. The molecule has 0 spiro atoms. The Labute approximate surface area is 124 Å². The molecule has 0 radical (unpaired) electrons. The molecule has 0 saturated heterocycles. The Hall–Kier alpha value is -2.50. The molecule has 0 aliphatic carbocycles. The monoisotopic (exact) mass is 306 g/mol. The van der Waals surface area contributed by atoms with E-state index >= 15 is 0 Å². The number of imidazole rings is 1. The third-order valence-corrected chi connectivity index (χ3v) is 3.58. The van der Waals surface area contributed by atoms with Gasteiger partial charge in [-0.15, -0.1) is 0 Å². The van der Waals surface area contributed by atoms with Crippen molar-refractivity contribution in [2.75, 3.05) is 0 Å². The fraction of sp³-hybridized carbons (Fsp3) is 0.188. The van der Waals surface area contributed by atoms with Crippen molar-refractivity contribution in [1.82, 2.24) is 9.55 Å². The molecule has 1 aromatic heterocycles. The molecule has 6 heteroatoms. The van der Waals surface area contributed by atoms with Crippen molar-refractivity contribution in [2.24, 2.45) is 0 Å². The zero-order chi connectivity index (χ0) is 15.9. The second-order valence-corrected chi connectivity index (χ2v) is 5.19. The van der Waals surface area contributed by atoms with Crippen LogP contribution in [0.4, 0.5) is 13.2 Å². The van der Waals surface area contributed by atoms with Gasteiger partial charge in [0.1, 0.15) is 0 Å². The lowest BCUT2D eigenvalue weighted by molar-refractivity contribution is -0.138. The summed E-state index contributed by atoms with van der Waals surface area (Å²) in [4.78, 5) is 14.7. The van der Waals surface area contributed by atoms with Crippen LogP contribution in [0.3, 0.4) is 0 Å². The van der Waals surface area contributed by atoms with Crippen LogP contribution in [0, 0.1) is 6.92 Å². The van der Waals surface area contributed by atoms with Gasteiger partial charge in [-0.3, -0.25) is 4.57 Å². The predicted molar refractivity (Wildman–Crippen MR) is 77.8 cm³/mol. The van der Waals surface area contributed by atoms with E-state index in [0.29, 0.717) is 11.0 Å². The molecule has 3 nitrogen and oxygen atoms in total. The molecule has 2 aromatic carbocycles. The summed E-state index contributed by atoms with van der Waals surface area (Å²) in [7, 11) is 0. The largest absolute Gasteiger partial charge is 0.416 e. The van der Waals surface area contributed by atoms with Gasteiger partial charge in [-0.1, -0.05) is 24.3 Å². The molecule has 0 atom stereocenters. The molecule has 3 rings (SSSR count). The normalized spacial score (nSPS) is 12.0. The van der Waals surface area contributed by atoms with Crippen molar-refractivity contribution < 1.29 is 13.2 Å². The number of halogens is 3. The smallest absolute Gasteiger partial charge is 0.306 e. The lowest BCUT2D eigenvalue weighted by Gasteiger charge is -2.13. The van der Waals surface area contributed by atoms with Crippen LogP contribution in [0.1, 0.15) is 16.7 Å². The summed E-state index contributed by atoms with van der Waals surface area (Å²) in [6.07, 6.45) is -4.44. The Morgan fingerprint density at radius 1 is 1.14 bits per heavy atom. The van der Waals surface area contributed by atoms with Gasteiger partial charge >= 0.3 is 11.9 Å². The summed E-state index contributed by atoms with van der Waals surface area (Å²) in [5.41, 5.74) is 1.08. The molecule has 0 fully saturated rings. The molecule has 114 valence electrons. The fourth-order valence-electron chi connectivity index (χ4n) is 2.52. The average molecular weight is 306 g/mol. The maximum Gasteiger partial charge on any atom is 0.416 e. The fourth-order valence-corrected chi connectivity index (χ4v) is 2.52. The number of nitrogens with zero attached hydrogens (tertiary/aromatic N) is 1. The molecule has 0 aliphatic rings. The van der Waals surface area contributed by atoms with Gasteiger partial charge in [0.05, 0.1) is 23.1 Å². The third-order valence-electron chi connectivity index (χ3n) is 3.58. The molecule has 0 amide bonds. The first-order valence-electron chi connectivity index (χ1n) is 6.70. The SMILES string of the molecule is Cc1ccc2[nH]c(=O)n(Cc3ccccc3C(F)(F)F)c2c1. The zero-order valence-electron chi connectivity index (χ0n) is 11.7. The van der Waals surface area contributed by atoms with Gasteiger partial charge in [0.25, 0.3) is 0 Å². The van der Waals surface area contributed by atoms with Crippen molar-refractivity contribution in [2.45, 2.75) is 19.6 Å². The minimum atomic E-state index is -4.44. The number of hydrogen-bond donors (Lipinski definition) is 1. The van der Waals surface area contributed by atoms with E-state index < -0.39 is 17.4 Å². The Balaban J connectivity index is 2.14. The van der Waals surface area contributed by atoms with Crippen LogP contribution >= 0.6 is 0 Å². The van der Waals surface area contributed by atoms with Gasteiger partial charge in [0, 0.05) is 0 Å². The third kappa shape index (κ3) is 2.52. The Morgan fingerprint density at radius 3 is 2.59 bits per heavy atom. The number of aromatic nitrogens is 2. The van der Waals surface area contributed by atoms with E-state index in [1.165, 1.54) is 22.8 Å². The van der Waals surface area contributed by atoms with Crippen LogP contribution in [-0.4, -0.2) is 9.55 Å². The van der Waals surface area contributed by atoms with Crippen LogP contribution in [0.5, 0.6) is 0 Å². The summed E-state index contributed by atoms with van der Waals surface area (Å²) in [5.74, 6) is 0. The van der Waals surface area contributed by atoms with Gasteiger partial charge in [-0.25, -0.2) is 4.79 Å². The lowest BCUT2D eigenvalue weighted by atomic mass is 10.1. The second kappa shape index (κ2) is 5.05.